The van der Waals surface area contributed by atoms with Crippen LogP contribution in [0.1, 0.15) is 5.56 Å². The lowest BCUT2D eigenvalue weighted by Gasteiger charge is -2.00. The molecule has 0 spiro atoms. The molecule has 2 aromatic carbocycles. The summed E-state index contributed by atoms with van der Waals surface area (Å²) in [6, 6.07) is 10.8. The van der Waals surface area contributed by atoms with Crippen molar-refractivity contribution in [2.75, 3.05) is 6.26 Å². The first-order valence-corrected chi connectivity index (χ1v) is 7.96. The van der Waals surface area contributed by atoms with Gasteiger partial charge in [-0.25, -0.2) is 8.42 Å². The summed E-state index contributed by atoms with van der Waals surface area (Å²) in [5.74, 6) is 0.0749. The van der Waals surface area contributed by atoms with E-state index in [-0.39, 0.29) is 10.6 Å². The Kier molecular flexibility index (Phi) is 4.11. The molecule has 104 valence electrons. The molecule has 0 amide bonds. The minimum Gasteiger partial charge on any atom is -0.507 e. The summed E-state index contributed by atoms with van der Waals surface area (Å²) < 4.78 is 22.6. The molecular formula is C14H12ClNO3S. The summed E-state index contributed by atoms with van der Waals surface area (Å²) >= 11 is 5.83. The zero-order valence-corrected chi connectivity index (χ0v) is 12.2. The van der Waals surface area contributed by atoms with E-state index >= 15 is 0 Å². The van der Waals surface area contributed by atoms with Crippen LogP contribution in [0.25, 0.3) is 0 Å². The summed E-state index contributed by atoms with van der Waals surface area (Å²) in [6.45, 7) is 0. The largest absolute Gasteiger partial charge is 0.507 e. The number of aliphatic imine (C=N–C) groups is 1. The van der Waals surface area contributed by atoms with Crippen molar-refractivity contribution in [3.8, 4) is 5.75 Å². The molecule has 0 aliphatic rings. The van der Waals surface area contributed by atoms with Crippen molar-refractivity contribution in [1.29, 1.82) is 0 Å². The number of rotatable bonds is 3. The Balaban J connectivity index is 2.26. The van der Waals surface area contributed by atoms with Gasteiger partial charge in [-0.05, 0) is 42.5 Å². The number of phenols is 1. The lowest BCUT2D eigenvalue weighted by molar-refractivity contribution is 0.474. The SMILES string of the molecule is CS(=O)(=O)c1ccc(N=Cc2cc(Cl)ccc2O)cc1. The normalized spacial score (nSPS) is 11.9. The summed E-state index contributed by atoms with van der Waals surface area (Å²) in [5.41, 5.74) is 1.07. The van der Waals surface area contributed by atoms with E-state index in [1.54, 1.807) is 24.3 Å². The Morgan fingerprint density at radius 3 is 2.40 bits per heavy atom. The number of sulfone groups is 1. The maximum absolute atomic E-state index is 11.3. The molecule has 0 unspecified atom stereocenters. The molecule has 4 nitrogen and oxygen atoms in total. The summed E-state index contributed by atoms with van der Waals surface area (Å²) in [6.07, 6.45) is 2.62. The van der Waals surface area contributed by atoms with E-state index in [1.165, 1.54) is 24.4 Å². The van der Waals surface area contributed by atoms with Gasteiger partial charge in [-0.15, -0.1) is 0 Å². The highest BCUT2D eigenvalue weighted by Gasteiger charge is 2.05. The van der Waals surface area contributed by atoms with Gasteiger partial charge in [0.25, 0.3) is 0 Å². The average molecular weight is 310 g/mol. The van der Waals surface area contributed by atoms with Crippen molar-refractivity contribution < 1.29 is 13.5 Å². The molecule has 0 aliphatic carbocycles. The second-order valence-corrected chi connectivity index (χ2v) is 6.68. The van der Waals surface area contributed by atoms with E-state index in [0.717, 1.165) is 6.26 Å². The lowest BCUT2D eigenvalue weighted by atomic mass is 10.2. The van der Waals surface area contributed by atoms with Gasteiger partial charge in [0.1, 0.15) is 5.75 Å². The first-order chi connectivity index (χ1) is 9.36. The van der Waals surface area contributed by atoms with E-state index < -0.39 is 9.84 Å². The Morgan fingerprint density at radius 2 is 1.80 bits per heavy atom. The highest BCUT2D eigenvalue weighted by atomic mass is 35.5. The molecule has 0 aliphatic heterocycles. The van der Waals surface area contributed by atoms with Gasteiger partial charge in [0, 0.05) is 23.1 Å². The third-order valence-corrected chi connectivity index (χ3v) is 3.97. The predicted octanol–water partition coefficient (Wildman–Crippen LogP) is 3.20. The molecule has 2 aromatic rings. The zero-order chi connectivity index (χ0) is 14.8. The Labute approximate surface area is 122 Å². The fraction of sp³-hybridized carbons (Fsp3) is 0.0714. The smallest absolute Gasteiger partial charge is 0.175 e. The fourth-order valence-electron chi connectivity index (χ4n) is 1.55. The van der Waals surface area contributed by atoms with Gasteiger partial charge in [-0.3, -0.25) is 4.99 Å². The van der Waals surface area contributed by atoms with Gasteiger partial charge in [0.05, 0.1) is 10.6 Å². The van der Waals surface area contributed by atoms with Crippen LogP contribution >= 0.6 is 11.6 Å². The van der Waals surface area contributed by atoms with Gasteiger partial charge >= 0.3 is 0 Å². The molecule has 0 bridgehead atoms. The minimum atomic E-state index is -3.21. The molecule has 1 N–H and O–H groups in total. The van der Waals surface area contributed by atoms with Gasteiger partial charge in [0.15, 0.2) is 9.84 Å². The summed E-state index contributed by atoms with van der Waals surface area (Å²) in [7, 11) is -3.21. The molecule has 0 heterocycles. The quantitative estimate of drug-likeness (QED) is 0.885. The third kappa shape index (κ3) is 3.59. The number of phenolic OH excluding ortho intramolecular Hbond substituents is 1. The molecule has 6 heteroatoms. The van der Waals surface area contributed by atoms with Crippen molar-refractivity contribution in [3.05, 3.63) is 53.1 Å². The van der Waals surface area contributed by atoms with Crippen LogP contribution in [0.15, 0.2) is 52.4 Å². The van der Waals surface area contributed by atoms with E-state index in [4.69, 9.17) is 11.6 Å². The minimum absolute atomic E-state index is 0.0749. The van der Waals surface area contributed by atoms with Crippen LogP contribution < -0.4 is 0 Å². The van der Waals surface area contributed by atoms with Gasteiger partial charge in [0.2, 0.25) is 0 Å². The first kappa shape index (κ1) is 14.6. The van der Waals surface area contributed by atoms with Crippen LogP contribution in [0.4, 0.5) is 5.69 Å². The van der Waals surface area contributed by atoms with Crippen LogP contribution in [0, 0.1) is 0 Å². The third-order valence-electron chi connectivity index (χ3n) is 2.61. The monoisotopic (exact) mass is 309 g/mol. The van der Waals surface area contributed by atoms with E-state index in [1.807, 2.05) is 0 Å². The molecule has 20 heavy (non-hydrogen) atoms. The highest BCUT2D eigenvalue weighted by molar-refractivity contribution is 7.90. The molecule has 2 rings (SSSR count). The van der Waals surface area contributed by atoms with Gasteiger partial charge < -0.3 is 5.11 Å². The average Bonchev–Trinajstić information content (AvgIpc) is 2.39. The second kappa shape index (κ2) is 5.64. The standard InChI is InChI=1S/C14H12ClNO3S/c1-20(18,19)13-5-3-12(4-6-13)16-9-10-8-11(15)2-7-14(10)17/h2-9,17H,1H3. The maximum Gasteiger partial charge on any atom is 0.175 e. The maximum atomic E-state index is 11.3. The molecule has 0 aromatic heterocycles. The fourth-order valence-corrected chi connectivity index (χ4v) is 2.36. The molecule has 0 radical (unpaired) electrons. The molecule has 0 atom stereocenters. The number of halogens is 1. The molecule has 0 saturated carbocycles. The summed E-state index contributed by atoms with van der Waals surface area (Å²) in [5, 5.41) is 10.1. The van der Waals surface area contributed by atoms with Crippen LogP contribution in [-0.2, 0) is 9.84 Å². The van der Waals surface area contributed by atoms with E-state index in [2.05, 4.69) is 4.99 Å². The van der Waals surface area contributed by atoms with E-state index in [9.17, 15) is 13.5 Å². The molecule has 0 fully saturated rings. The van der Waals surface area contributed by atoms with Gasteiger partial charge in [-0.1, -0.05) is 11.6 Å². The number of hydrogen-bond acceptors (Lipinski definition) is 4. The number of hydrogen-bond donors (Lipinski definition) is 1. The van der Waals surface area contributed by atoms with Crippen molar-refractivity contribution in [2.24, 2.45) is 4.99 Å². The molecular weight excluding hydrogens is 298 g/mol. The van der Waals surface area contributed by atoms with Crippen molar-refractivity contribution in [2.45, 2.75) is 4.90 Å². The van der Waals surface area contributed by atoms with Crippen LogP contribution in [0.5, 0.6) is 5.75 Å². The second-order valence-electron chi connectivity index (χ2n) is 4.23. The molecule has 0 saturated heterocycles. The van der Waals surface area contributed by atoms with Crippen LogP contribution in [0.2, 0.25) is 5.02 Å². The van der Waals surface area contributed by atoms with E-state index in [0.29, 0.717) is 16.3 Å². The van der Waals surface area contributed by atoms with Crippen molar-refractivity contribution >= 4 is 33.3 Å². The van der Waals surface area contributed by atoms with Crippen molar-refractivity contribution in [1.82, 2.24) is 0 Å². The Hall–Kier alpha value is -1.85. The first-order valence-electron chi connectivity index (χ1n) is 5.69. The van der Waals surface area contributed by atoms with Crippen molar-refractivity contribution in [3.63, 3.8) is 0 Å². The number of nitrogens with zero attached hydrogens (tertiary/aromatic N) is 1. The topological polar surface area (TPSA) is 66.7 Å². The predicted molar refractivity (Wildman–Crippen MR) is 79.9 cm³/mol. The Bertz CT molecular complexity index is 752. The summed E-state index contributed by atoms with van der Waals surface area (Å²) in [4.78, 5) is 4.40. The number of benzene rings is 2. The van der Waals surface area contributed by atoms with Crippen LogP contribution in [0.3, 0.4) is 0 Å². The van der Waals surface area contributed by atoms with Crippen LogP contribution in [-0.4, -0.2) is 26.0 Å². The zero-order valence-electron chi connectivity index (χ0n) is 10.6. The lowest BCUT2D eigenvalue weighted by Crippen LogP contribution is -1.95. The highest BCUT2D eigenvalue weighted by Crippen LogP contribution is 2.21. The Morgan fingerprint density at radius 1 is 1.15 bits per heavy atom. The van der Waals surface area contributed by atoms with Gasteiger partial charge in [-0.2, -0.15) is 0 Å². The number of aromatic hydroxyl groups is 1.